The van der Waals surface area contributed by atoms with Crippen molar-refractivity contribution in [2.75, 3.05) is 5.32 Å². The summed E-state index contributed by atoms with van der Waals surface area (Å²) in [7, 11) is 0. The van der Waals surface area contributed by atoms with Crippen LogP contribution in [0.25, 0.3) is 0 Å². The van der Waals surface area contributed by atoms with Gasteiger partial charge in [-0.2, -0.15) is 0 Å². The van der Waals surface area contributed by atoms with Crippen molar-refractivity contribution in [3.8, 4) is 0 Å². The van der Waals surface area contributed by atoms with Crippen LogP contribution in [0, 0.1) is 17.0 Å². The lowest BCUT2D eigenvalue weighted by Crippen LogP contribution is -2.27. The van der Waals surface area contributed by atoms with Crippen molar-refractivity contribution in [1.82, 2.24) is 0 Å². The molecule has 0 saturated carbocycles. The van der Waals surface area contributed by atoms with E-state index < -0.39 is 4.92 Å². The average Bonchev–Trinajstić information content (AvgIpc) is 2.31. The van der Waals surface area contributed by atoms with Gasteiger partial charge in [-0.3, -0.25) is 14.9 Å². The summed E-state index contributed by atoms with van der Waals surface area (Å²) >= 11 is 0. The van der Waals surface area contributed by atoms with Crippen LogP contribution < -0.4 is 11.1 Å². The Kier molecular flexibility index (Phi) is 5.44. The Labute approximate surface area is 112 Å². The summed E-state index contributed by atoms with van der Waals surface area (Å²) in [5.74, 6) is -0.218. The Balaban J connectivity index is 2.73. The third kappa shape index (κ3) is 4.67. The topological polar surface area (TPSA) is 98.3 Å². The molecular weight excluding hydrogens is 246 g/mol. The predicted octanol–water partition coefficient (Wildman–Crippen LogP) is 2.36. The van der Waals surface area contributed by atoms with E-state index in [0.717, 1.165) is 18.4 Å². The number of nitrogens with zero attached hydrogens (tertiary/aromatic N) is 1. The number of hydrogen-bond acceptors (Lipinski definition) is 4. The third-order valence-corrected chi connectivity index (χ3v) is 2.81. The number of amides is 1. The molecule has 1 atom stereocenters. The Morgan fingerprint density at radius 2 is 2.21 bits per heavy atom. The zero-order valence-corrected chi connectivity index (χ0v) is 11.2. The van der Waals surface area contributed by atoms with Crippen molar-refractivity contribution in [3.63, 3.8) is 0 Å². The first-order valence-electron chi connectivity index (χ1n) is 6.24. The van der Waals surface area contributed by atoms with Gasteiger partial charge >= 0.3 is 0 Å². The first-order valence-corrected chi connectivity index (χ1v) is 6.24. The van der Waals surface area contributed by atoms with Crippen molar-refractivity contribution in [2.45, 2.75) is 39.2 Å². The highest BCUT2D eigenvalue weighted by Gasteiger charge is 2.13. The number of anilines is 1. The van der Waals surface area contributed by atoms with E-state index >= 15 is 0 Å². The highest BCUT2D eigenvalue weighted by atomic mass is 16.6. The molecule has 0 aromatic heterocycles. The minimum absolute atomic E-state index is 0.0428. The van der Waals surface area contributed by atoms with Gasteiger partial charge in [0.15, 0.2) is 0 Å². The molecule has 0 radical (unpaired) electrons. The van der Waals surface area contributed by atoms with Gasteiger partial charge in [-0.1, -0.05) is 19.4 Å². The fourth-order valence-corrected chi connectivity index (χ4v) is 1.77. The number of rotatable bonds is 6. The molecule has 1 rings (SSSR count). The number of carbonyl (C=O) groups excluding carboxylic acids is 1. The molecule has 1 amide bonds. The van der Waals surface area contributed by atoms with Crippen LogP contribution in [0.3, 0.4) is 0 Å². The van der Waals surface area contributed by atoms with Crippen molar-refractivity contribution < 1.29 is 9.72 Å². The Hall–Kier alpha value is -1.95. The van der Waals surface area contributed by atoms with Gasteiger partial charge in [-0.05, 0) is 18.9 Å². The molecule has 0 aliphatic heterocycles. The molecule has 3 N–H and O–H groups in total. The first kappa shape index (κ1) is 15.1. The van der Waals surface area contributed by atoms with Gasteiger partial charge in [0.2, 0.25) is 5.91 Å². The van der Waals surface area contributed by atoms with E-state index in [1.807, 2.05) is 6.92 Å². The SMILES string of the molecule is CCCC(N)CC(=O)Nc1cc([N+](=O)[O-])ccc1C. The number of nitro groups is 1. The van der Waals surface area contributed by atoms with E-state index in [-0.39, 0.29) is 24.1 Å². The lowest BCUT2D eigenvalue weighted by molar-refractivity contribution is -0.384. The largest absolute Gasteiger partial charge is 0.327 e. The third-order valence-electron chi connectivity index (χ3n) is 2.81. The molecule has 0 aliphatic rings. The number of hydrogen-bond donors (Lipinski definition) is 2. The maximum atomic E-state index is 11.8. The molecule has 0 bridgehead atoms. The van der Waals surface area contributed by atoms with E-state index in [9.17, 15) is 14.9 Å². The van der Waals surface area contributed by atoms with Crippen LogP contribution in [-0.2, 0) is 4.79 Å². The molecule has 1 aromatic rings. The quantitative estimate of drug-likeness (QED) is 0.609. The number of aryl methyl sites for hydroxylation is 1. The van der Waals surface area contributed by atoms with E-state index in [0.29, 0.717) is 5.69 Å². The number of non-ortho nitro benzene ring substituents is 1. The fraction of sp³-hybridized carbons (Fsp3) is 0.462. The van der Waals surface area contributed by atoms with Crippen molar-refractivity contribution in [2.24, 2.45) is 5.73 Å². The van der Waals surface area contributed by atoms with E-state index in [1.165, 1.54) is 12.1 Å². The van der Waals surface area contributed by atoms with Gasteiger partial charge < -0.3 is 11.1 Å². The van der Waals surface area contributed by atoms with Crippen LogP contribution in [0.2, 0.25) is 0 Å². The Morgan fingerprint density at radius 1 is 1.53 bits per heavy atom. The van der Waals surface area contributed by atoms with E-state index in [4.69, 9.17) is 5.73 Å². The van der Waals surface area contributed by atoms with Crippen LogP contribution in [-0.4, -0.2) is 16.9 Å². The molecule has 0 heterocycles. The van der Waals surface area contributed by atoms with Gasteiger partial charge in [-0.25, -0.2) is 0 Å². The van der Waals surface area contributed by atoms with Gasteiger partial charge in [-0.15, -0.1) is 0 Å². The maximum absolute atomic E-state index is 11.8. The number of nitrogens with two attached hydrogens (primary N) is 1. The van der Waals surface area contributed by atoms with Crippen LogP contribution in [0.5, 0.6) is 0 Å². The van der Waals surface area contributed by atoms with E-state index in [1.54, 1.807) is 13.0 Å². The predicted molar refractivity (Wildman–Crippen MR) is 74.0 cm³/mol. The fourth-order valence-electron chi connectivity index (χ4n) is 1.77. The summed E-state index contributed by atoms with van der Waals surface area (Å²) in [5.41, 5.74) is 6.98. The maximum Gasteiger partial charge on any atom is 0.271 e. The molecule has 19 heavy (non-hydrogen) atoms. The second-order valence-electron chi connectivity index (χ2n) is 4.56. The standard InChI is InChI=1S/C13H19N3O3/c1-3-4-10(14)7-13(17)15-12-8-11(16(18)19)6-5-9(12)2/h5-6,8,10H,3-4,7,14H2,1-2H3,(H,15,17). The minimum atomic E-state index is -0.488. The summed E-state index contributed by atoms with van der Waals surface area (Å²) in [6.45, 7) is 3.79. The number of nitro benzene ring substituents is 1. The normalized spacial score (nSPS) is 11.9. The molecule has 1 unspecified atom stereocenters. The van der Waals surface area contributed by atoms with Crippen LogP contribution in [0.1, 0.15) is 31.7 Å². The average molecular weight is 265 g/mol. The summed E-state index contributed by atoms with van der Waals surface area (Å²) in [4.78, 5) is 22.0. The lowest BCUT2D eigenvalue weighted by Gasteiger charge is -2.12. The smallest absolute Gasteiger partial charge is 0.271 e. The van der Waals surface area contributed by atoms with Gasteiger partial charge in [0.05, 0.1) is 10.6 Å². The summed E-state index contributed by atoms with van der Waals surface area (Å²) < 4.78 is 0. The molecule has 0 fully saturated rings. The molecule has 6 heteroatoms. The molecule has 0 spiro atoms. The second-order valence-corrected chi connectivity index (χ2v) is 4.56. The highest BCUT2D eigenvalue weighted by molar-refractivity contribution is 5.92. The van der Waals surface area contributed by atoms with Crippen LogP contribution in [0.15, 0.2) is 18.2 Å². The van der Waals surface area contributed by atoms with Gasteiger partial charge in [0.25, 0.3) is 5.69 Å². The van der Waals surface area contributed by atoms with Crippen molar-refractivity contribution in [1.29, 1.82) is 0 Å². The highest BCUT2D eigenvalue weighted by Crippen LogP contribution is 2.22. The Bertz CT molecular complexity index is 474. The van der Waals surface area contributed by atoms with Crippen molar-refractivity contribution >= 4 is 17.3 Å². The monoisotopic (exact) mass is 265 g/mol. The molecule has 0 aliphatic carbocycles. The van der Waals surface area contributed by atoms with Gasteiger partial charge in [0.1, 0.15) is 0 Å². The summed E-state index contributed by atoms with van der Waals surface area (Å²) in [6.07, 6.45) is 1.92. The number of nitrogens with one attached hydrogen (secondary N) is 1. The zero-order valence-electron chi connectivity index (χ0n) is 11.2. The molecular formula is C13H19N3O3. The molecule has 1 aromatic carbocycles. The minimum Gasteiger partial charge on any atom is -0.327 e. The van der Waals surface area contributed by atoms with Gasteiger partial charge in [0, 0.05) is 24.6 Å². The molecule has 104 valence electrons. The molecule has 0 saturated heterocycles. The van der Waals surface area contributed by atoms with Crippen LogP contribution in [0.4, 0.5) is 11.4 Å². The number of carbonyl (C=O) groups is 1. The second kappa shape index (κ2) is 6.84. The summed E-state index contributed by atoms with van der Waals surface area (Å²) in [5, 5.41) is 13.4. The molecule has 6 nitrogen and oxygen atoms in total. The zero-order chi connectivity index (χ0) is 14.4. The van der Waals surface area contributed by atoms with Crippen molar-refractivity contribution in [3.05, 3.63) is 33.9 Å². The summed E-state index contributed by atoms with van der Waals surface area (Å²) in [6, 6.07) is 4.20. The van der Waals surface area contributed by atoms with Crippen LogP contribution >= 0.6 is 0 Å². The Morgan fingerprint density at radius 3 is 2.79 bits per heavy atom. The van der Waals surface area contributed by atoms with E-state index in [2.05, 4.69) is 5.32 Å². The first-order chi connectivity index (χ1) is 8.93. The lowest BCUT2D eigenvalue weighted by atomic mass is 10.1. The number of benzene rings is 1.